The average Bonchev–Trinajstić information content (AvgIpc) is 3.41. The highest BCUT2D eigenvalue weighted by Crippen LogP contribution is 2.33. The van der Waals surface area contributed by atoms with Crippen LogP contribution in [0.15, 0.2) is 24.4 Å². The minimum atomic E-state index is -4.66. The van der Waals surface area contributed by atoms with E-state index in [1.165, 1.54) is 0 Å². The molecule has 0 radical (unpaired) electrons. The number of benzene rings is 1. The Labute approximate surface area is 205 Å². The highest BCUT2D eigenvalue weighted by atomic mass is 35.5. The number of nitrogens with one attached hydrogen (secondary N) is 2. The molecule has 1 aliphatic heterocycles. The van der Waals surface area contributed by atoms with Crippen LogP contribution in [0.2, 0.25) is 10.0 Å². The molecule has 3 aromatic heterocycles. The van der Waals surface area contributed by atoms with Crippen molar-refractivity contribution in [2.75, 3.05) is 23.3 Å². The van der Waals surface area contributed by atoms with E-state index in [-0.39, 0.29) is 18.0 Å². The first kappa shape index (κ1) is 23.5. The van der Waals surface area contributed by atoms with Crippen LogP contribution in [-0.2, 0) is 17.5 Å². The maximum Gasteiger partial charge on any atom is 0.435 e. The molecular weight excluding hydrogens is 510 g/mol. The lowest BCUT2D eigenvalue weighted by molar-refractivity contribution is -0.143. The third-order valence-corrected chi connectivity index (χ3v) is 6.65. The van der Waals surface area contributed by atoms with E-state index in [2.05, 4.69) is 25.4 Å². The van der Waals surface area contributed by atoms with Crippen LogP contribution >= 0.6 is 23.2 Å². The fourth-order valence-electron chi connectivity index (χ4n) is 4.11. The molecule has 1 aromatic carbocycles. The van der Waals surface area contributed by atoms with E-state index >= 15 is 0 Å². The van der Waals surface area contributed by atoms with Crippen LogP contribution in [0.25, 0.3) is 16.7 Å². The summed E-state index contributed by atoms with van der Waals surface area (Å²) in [6, 6.07) is 4.87. The van der Waals surface area contributed by atoms with Crippen molar-refractivity contribution < 1.29 is 23.1 Å². The SMILES string of the molecule is O=C(O)C1CCN(c2cc(NCc3nc4cc(Cl)c(Cl)cc4[nH]3)c3ncc(C(F)(F)F)n3n2)CC1. The van der Waals surface area contributed by atoms with Gasteiger partial charge in [0.25, 0.3) is 0 Å². The van der Waals surface area contributed by atoms with Gasteiger partial charge in [-0.25, -0.2) is 14.5 Å². The summed E-state index contributed by atoms with van der Waals surface area (Å²) in [5.74, 6) is -0.560. The predicted octanol–water partition coefficient (Wildman–Crippen LogP) is 4.84. The fraction of sp³-hybridized carbons (Fsp3) is 0.333. The van der Waals surface area contributed by atoms with Crippen molar-refractivity contribution in [3.8, 4) is 0 Å². The van der Waals surface area contributed by atoms with Crippen molar-refractivity contribution in [1.82, 2.24) is 24.6 Å². The van der Waals surface area contributed by atoms with E-state index in [0.29, 0.717) is 58.5 Å². The standard InChI is InChI=1S/C21H18Cl2F3N7O2/c22-11-5-13-14(6-12(11)23)30-17(29-13)9-27-15-7-18(32-3-1-10(2-4-32)20(34)35)31-33-16(21(24,25)26)8-28-19(15)33/h5-8,10,27H,1-4,9H2,(H,29,30)(H,34,35). The molecule has 0 amide bonds. The van der Waals surface area contributed by atoms with Gasteiger partial charge in [0.1, 0.15) is 5.82 Å². The number of fused-ring (bicyclic) bond motifs is 2. The quantitative estimate of drug-likeness (QED) is 0.340. The van der Waals surface area contributed by atoms with Crippen LogP contribution in [0, 0.1) is 5.92 Å². The summed E-state index contributed by atoms with van der Waals surface area (Å²) in [7, 11) is 0. The number of alkyl halides is 3. The van der Waals surface area contributed by atoms with Gasteiger partial charge >= 0.3 is 12.1 Å². The summed E-state index contributed by atoms with van der Waals surface area (Å²) in [5.41, 5.74) is 0.577. The van der Waals surface area contributed by atoms with Gasteiger partial charge in [-0.3, -0.25) is 4.79 Å². The van der Waals surface area contributed by atoms with Gasteiger partial charge < -0.3 is 20.3 Å². The van der Waals surface area contributed by atoms with Crippen molar-refractivity contribution >= 4 is 57.4 Å². The largest absolute Gasteiger partial charge is 0.481 e. The number of nitrogens with zero attached hydrogens (tertiary/aromatic N) is 5. The highest BCUT2D eigenvalue weighted by molar-refractivity contribution is 6.42. The van der Waals surface area contributed by atoms with E-state index in [9.17, 15) is 23.1 Å². The maximum atomic E-state index is 13.6. The molecule has 1 aliphatic rings. The van der Waals surface area contributed by atoms with Crippen molar-refractivity contribution in [1.29, 1.82) is 0 Å². The van der Waals surface area contributed by atoms with Gasteiger partial charge in [-0.1, -0.05) is 23.2 Å². The van der Waals surface area contributed by atoms with E-state index in [1.54, 1.807) is 23.1 Å². The third-order valence-electron chi connectivity index (χ3n) is 5.93. The predicted molar refractivity (Wildman–Crippen MR) is 124 cm³/mol. The van der Waals surface area contributed by atoms with Crippen molar-refractivity contribution in [2.45, 2.75) is 25.6 Å². The first-order valence-electron chi connectivity index (χ1n) is 10.6. The number of imidazole rings is 2. The van der Waals surface area contributed by atoms with Gasteiger partial charge in [0.2, 0.25) is 0 Å². The van der Waals surface area contributed by atoms with Crippen molar-refractivity contribution in [2.24, 2.45) is 5.92 Å². The number of hydrogen-bond acceptors (Lipinski definition) is 6. The number of H-pyrrole nitrogens is 1. The molecular formula is C21H18Cl2F3N7O2. The molecule has 1 fully saturated rings. The van der Waals surface area contributed by atoms with Gasteiger partial charge in [0, 0.05) is 19.2 Å². The molecule has 0 atom stereocenters. The Bertz CT molecular complexity index is 1390. The minimum Gasteiger partial charge on any atom is -0.481 e. The lowest BCUT2D eigenvalue weighted by Gasteiger charge is -2.31. The van der Waals surface area contributed by atoms with Crippen LogP contribution in [0.3, 0.4) is 0 Å². The molecule has 0 saturated carbocycles. The van der Waals surface area contributed by atoms with Gasteiger partial charge in [-0.2, -0.15) is 13.2 Å². The zero-order valence-electron chi connectivity index (χ0n) is 17.9. The van der Waals surface area contributed by atoms with E-state index in [1.807, 2.05) is 0 Å². The Hall–Kier alpha value is -3.25. The number of carboxylic acids is 1. The number of carbonyl (C=O) groups is 1. The van der Waals surface area contributed by atoms with Crippen molar-refractivity contribution in [3.63, 3.8) is 0 Å². The zero-order valence-corrected chi connectivity index (χ0v) is 19.4. The van der Waals surface area contributed by atoms with Crippen LogP contribution in [-0.4, -0.2) is 48.7 Å². The summed E-state index contributed by atoms with van der Waals surface area (Å²) >= 11 is 12.1. The normalized spacial score (nSPS) is 15.3. The molecule has 0 unspecified atom stereocenters. The summed E-state index contributed by atoms with van der Waals surface area (Å²) in [5, 5.41) is 17.2. The molecule has 4 heterocycles. The lowest BCUT2D eigenvalue weighted by atomic mass is 9.97. The second-order valence-electron chi connectivity index (χ2n) is 8.21. The maximum absolute atomic E-state index is 13.6. The number of carboxylic acid groups (broad SMARTS) is 1. The summed E-state index contributed by atoms with van der Waals surface area (Å²) in [6.07, 6.45) is -3.18. The number of aromatic amines is 1. The summed E-state index contributed by atoms with van der Waals surface area (Å²) in [6.45, 7) is 0.866. The number of anilines is 2. The average molecular weight is 528 g/mol. The lowest BCUT2D eigenvalue weighted by Crippen LogP contribution is -2.37. The molecule has 9 nitrogen and oxygen atoms in total. The first-order chi connectivity index (χ1) is 16.6. The van der Waals surface area contributed by atoms with Crippen LogP contribution < -0.4 is 10.2 Å². The number of aromatic nitrogens is 5. The Balaban J connectivity index is 1.48. The van der Waals surface area contributed by atoms with E-state index in [0.717, 1.165) is 10.7 Å². The number of hydrogen-bond donors (Lipinski definition) is 3. The van der Waals surface area contributed by atoms with Crippen LogP contribution in [0.1, 0.15) is 24.4 Å². The van der Waals surface area contributed by atoms with Gasteiger partial charge in [0.05, 0.1) is 45.4 Å². The fourth-order valence-corrected chi connectivity index (χ4v) is 4.43. The molecule has 184 valence electrons. The number of halogens is 5. The zero-order chi connectivity index (χ0) is 24.9. The van der Waals surface area contributed by atoms with Gasteiger partial charge in [-0.15, -0.1) is 5.10 Å². The van der Waals surface area contributed by atoms with Gasteiger partial charge in [0.15, 0.2) is 17.2 Å². The second kappa shape index (κ2) is 8.76. The number of piperidine rings is 1. The van der Waals surface area contributed by atoms with Gasteiger partial charge in [-0.05, 0) is 25.0 Å². The Morgan fingerprint density at radius 3 is 2.60 bits per heavy atom. The van der Waals surface area contributed by atoms with E-state index < -0.39 is 23.8 Å². The smallest absolute Gasteiger partial charge is 0.435 e. The van der Waals surface area contributed by atoms with Crippen LogP contribution in [0.5, 0.6) is 0 Å². The first-order valence-corrected chi connectivity index (χ1v) is 11.4. The molecule has 0 bridgehead atoms. The molecule has 0 aliphatic carbocycles. The van der Waals surface area contributed by atoms with E-state index in [4.69, 9.17) is 23.2 Å². The Kier molecular flexibility index (Phi) is 5.88. The summed E-state index contributed by atoms with van der Waals surface area (Å²) < 4.78 is 41.5. The van der Waals surface area contributed by atoms with Crippen molar-refractivity contribution in [3.05, 3.63) is 46.0 Å². The third kappa shape index (κ3) is 4.55. The number of rotatable bonds is 5. The molecule has 5 rings (SSSR count). The molecule has 35 heavy (non-hydrogen) atoms. The summed E-state index contributed by atoms with van der Waals surface area (Å²) in [4.78, 5) is 24.5. The molecule has 4 aromatic rings. The highest BCUT2D eigenvalue weighted by Gasteiger charge is 2.36. The molecule has 1 saturated heterocycles. The Morgan fingerprint density at radius 2 is 1.91 bits per heavy atom. The second-order valence-corrected chi connectivity index (χ2v) is 9.03. The number of aliphatic carboxylic acids is 1. The molecule has 0 spiro atoms. The monoisotopic (exact) mass is 527 g/mol. The Morgan fingerprint density at radius 1 is 1.20 bits per heavy atom. The minimum absolute atomic E-state index is 0.00342. The topological polar surface area (TPSA) is 111 Å². The molecule has 3 N–H and O–H groups in total. The van der Waals surface area contributed by atoms with Crippen LogP contribution in [0.4, 0.5) is 24.7 Å². The molecule has 14 heteroatoms.